The molecule has 2 N–H and O–H groups in total. The lowest BCUT2D eigenvalue weighted by Crippen LogP contribution is -2.58. The summed E-state index contributed by atoms with van der Waals surface area (Å²) in [6.07, 6.45) is 2.74. The van der Waals surface area contributed by atoms with Gasteiger partial charge >= 0.3 is 6.01 Å². The van der Waals surface area contributed by atoms with Gasteiger partial charge < -0.3 is 29.6 Å². The summed E-state index contributed by atoms with van der Waals surface area (Å²) in [5.41, 5.74) is 1.06. The molecule has 0 spiro atoms. The molecule has 4 heterocycles. The van der Waals surface area contributed by atoms with Gasteiger partial charge in [0, 0.05) is 42.2 Å². The highest BCUT2D eigenvalue weighted by molar-refractivity contribution is 6.01. The van der Waals surface area contributed by atoms with Gasteiger partial charge in [0.2, 0.25) is 0 Å². The van der Waals surface area contributed by atoms with E-state index in [2.05, 4.69) is 21.8 Å². The third kappa shape index (κ3) is 4.92. The molecule has 224 valence electrons. The molecule has 3 fully saturated rings. The van der Waals surface area contributed by atoms with Crippen molar-refractivity contribution in [1.29, 1.82) is 0 Å². The van der Waals surface area contributed by atoms with Crippen molar-refractivity contribution in [2.45, 2.75) is 56.8 Å². The van der Waals surface area contributed by atoms with E-state index in [4.69, 9.17) is 9.72 Å². The molecule has 0 unspecified atom stereocenters. The molecule has 9 nitrogen and oxygen atoms in total. The minimum absolute atomic E-state index is 0.0568. The topological polar surface area (TPSA) is 102 Å². The van der Waals surface area contributed by atoms with Crippen LogP contribution in [0.4, 0.5) is 10.2 Å². The van der Waals surface area contributed by atoms with Crippen LogP contribution in [0.5, 0.6) is 11.8 Å². The van der Waals surface area contributed by atoms with Gasteiger partial charge in [0.25, 0.3) is 5.91 Å². The number of carbonyl (C=O) groups is 1. The van der Waals surface area contributed by atoms with Crippen LogP contribution in [0, 0.1) is 5.82 Å². The van der Waals surface area contributed by atoms with Crippen LogP contribution in [-0.4, -0.2) is 93.4 Å². The molecule has 3 aliphatic heterocycles. The van der Waals surface area contributed by atoms with Crippen LogP contribution in [-0.2, 0) is 4.79 Å². The summed E-state index contributed by atoms with van der Waals surface area (Å²) in [4.78, 5) is 28.4. The quantitative estimate of drug-likeness (QED) is 0.345. The van der Waals surface area contributed by atoms with Crippen LogP contribution in [0.25, 0.3) is 32.8 Å². The van der Waals surface area contributed by atoms with Gasteiger partial charge in [0.1, 0.15) is 29.8 Å². The number of aromatic hydroxyl groups is 1. The molecule has 10 heteroatoms. The van der Waals surface area contributed by atoms with Gasteiger partial charge in [0.05, 0.1) is 0 Å². The number of amides is 1. The second kappa shape index (κ2) is 10.9. The SMILES string of the molecule is C[C@H](O)C(=O)N1[C@@H]2CC[C@H]1CN(c1nc(OC[C@@H]3CCCN3C)nc3c(F)c(-c4cc(O)cc5ccccc45)ccc13)C2. The fourth-order valence-corrected chi connectivity index (χ4v) is 7.17. The Labute approximate surface area is 249 Å². The van der Waals surface area contributed by atoms with Gasteiger partial charge in [-0.3, -0.25) is 4.79 Å². The predicted molar refractivity (Wildman–Crippen MR) is 163 cm³/mol. The number of hydrogen-bond acceptors (Lipinski definition) is 8. The number of anilines is 1. The van der Waals surface area contributed by atoms with Crippen molar-refractivity contribution in [2.75, 3.05) is 38.2 Å². The number of piperazine rings is 1. The lowest BCUT2D eigenvalue weighted by Gasteiger charge is -2.42. The summed E-state index contributed by atoms with van der Waals surface area (Å²) in [5, 5.41) is 22.6. The van der Waals surface area contributed by atoms with E-state index < -0.39 is 11.9 Å². The summed E-state index contributed by atoms with van der Waals surface area (Å²) < 4.78 is 22.8. The van der Waals surface area contributed by atoms with Crippen molar-refractivity contribution in [3.8, 4) is 22.9 Å². The van der Waals surface area contributed by atoms with Crippen LogP contribution in [0.1, 0.15) is 32.6 Å². The molecule has 3 aliphatic rings. The molecule has 43 heavy (non-hydrogen) atoms. The first-order chi connectivity index (χ1) is 20.8. The number of nitrogens with zero attached hydrogens (tertiary/aromatic N) is 5. The van der Waals surface area contributed by atoms with Crippen molar-refractivity contribution in [3.05, 3.63) is 54.3 Å². The number of carbonyl (C=O) groups excluding carboxylic acids is 1. The third-order valence-corrected chi connectivity index (χ3v) is 9.37. The first-order valence-electron chi connectivity index (χ1n) is 15.1. The number of halogens is 1. The van der Waals surface area contributed by atoms with Crippen LogP contribution >= 0.6 is 0 Å². The molecular formula is C33H36FN5O4. The van der Waals surface area contributed by atoms with E-state index in [9.17, 15) is 15.0 Å². The average molecular weight is 586 g/mol. The van der Waals surface area contributed by atoms with E-state index in [1.165, 1.54) is 6.92 Å². The van der Waals surface area contributed by atoms with Gasteiger partial charge in [-0.15, -0.1) is 0 Å². The highest BCUT2D eigenvalue weighted by atomic mass is 19.1. The van der Waals surface area contributed by atoms with E-state index >= 15 is 4.39 Å². The number of hydrogen-bond donors (Lipinski definition) is 2. The van der Waals surface area contributed by atoms with Gasteiger partial charge in [0.15, 0.2) is 5.82 Å². The molecule has 0 saturated carbocycles. The Balaban J connectivity index is 1.32. The summed E-state index contributed by atoms with van der Waals surface area (Å²) in [7, 11) is 2.07. The van der Waals surface area contributed by atoms with Gasteiger partial charge in [-0.2, -0.15) is 9.97 Å². The molecule has 4 aromatic rings. The molecule has 2 bridgehead atoms. The Morgan fingerprint density at radius 1 is 1.05 bits per heavy atom. The van der Waals surface area contributed by atoms with Crippen molar-refractivity contribution in [1.82, 2.24) is 19.8 Å². The number of rotatable bonds is 6. The zero-order chi connectivity index (χ0) is 29.8. The predicted octanol–water partition coefficient (Wildman–Crippen LogP) is 4.33. The number of ether oxygens (including phenoxy) is 1. The minimum atomic E-state index is -1.05. The zero-order valence-corrected chi connectivity index (χ0v) is 24.4. The van der Waals surface area contributed by atoms with Gasteiger partial charge in [-0.1, -0.05) is 30.3 Å². The highest BCUT2D eigenvalue weighted by Gasteiger charge is 2.44. The molecule has 3 aromatic carbocycles. The minimum Gasteiger partial charge on any atom is -0.508 e. The van der Waals surface area contributed by atoms with E-state index in [1.54, 1.807) is 18.2 Å². The largest absolute Gasteiger partial charge is 0.508 e. The standard InChI is InChI=1S/C33H36FN5O4/c1-19(40)32(42)39-21-9-10-22(39)17-38(16-21)31-27-12-11-26(28-15-24(41)14-20-6-3-4-8-25(20)28)29(34)30(27)35-33(36-31)43-18-23-7-5-13-37(23)2/h3-4,6,8,11-12,14-15,19,21-23,40-41H,5,7,9-10,13,16-18H2,1-2H3/t19-,21-,22+,23-/m0/s1. The Bertz CT molecular complexity index is 1700. The summed E-state index contributed by atoms with van der Waals surface area (Å²) >= 11 is 0. The van der Waals surface area contributed by atoms with Crippen LogP contribution in [0.2, 0.25) is 0 Å². The van der Waals surface area contributed by atoms with Crippen molar-refractivity contribution in [3.63, 3.8) is 0 Å². The molecule has 1 amide bonds. The lowest BCUT2D eigenvalue weighted by atomic mass is 9.96. The lowest BCUT2D eigenvalue weighted by molar-refractivity contribution is -0.142. The number of fused-ring (bicyclic) bond motifs is 4. The number of phenolic OH excluding ortho intramolecular Hbond substituents is 1. The molecule has 4 atom stereocenters. The average Bonchev–Trinajstić information content (AvgIpc) is 3.53. The van der Waals surface area contributed by atoms with Crippen molar-refractivity contribution in [2.24, 2.45) is 0 Å². The summed E-state index contributed by atoms with van der Waals surface area (Å²) in [6.45, 7) is 3.96. The van der Waals surface area contributed by atoms with Crippen LogP contribution in [0.15, 0.2) is 48.5 Å². The maximum absolute atomic E-state index is 16.6. The Hall–Kier alpha value is -4.02. The maximum Gasteiger partial charge on any atom is 0.319 e. The maximum atomic E-state index is 16.6. The van der Waals surface area contributed by atoms with Crippen LogP contribution in [0.3, 0.4) is 0 Å². The van der Waals surface area contributed by atoms with E-state index in [0.717, 1.165) is 43.0 Å². The normalized spacial score (nSPS) is 22.9. The summed E-state index contributed by atoms with van der Waals surface area (Å²) in [6, 6.07) is 14.6. The number of aliphatic hydroxyl groups excluding tert-OH is 1. The zero-order valence-electron chi connectivity index (χ0n) is 24.4. The number of aliphatic hydroxyl groups is 1. The van der Waals surface area contributed by atoms with Gasteiger partial charge in [-0.05, 0) is 80.7 Å². The first-order valence-corrected chi connectivity index (χ1v) is 15.1. The Morgan fingerprint density at radius 2 is 1.81 bits per heavy atom. The smallest absolute Gasteiger partial charge is 0.319 e. The monoisotopic (exact) mass is 585 g/mol. The van der Waals surface area contributed by atoms with E-state index in [0.29, 0.717) is 42.0 Å². The number of phenols is 1. The second-order valence-corrected chi connectivity index (χ2v) is 12.2. The molecule has 7 rings (SSSR count). The van der Waals surface area contributed by atoms with Gasteiger partial charge in [-0.25, -0.2) is 4.39 Å². The number of aromatic nitrogens is 2. The fraction of sp³-hybridized carbons (Fsp3) is 0.424. The fourth-order valence-electron chi connectivity index (χ4n) is 7.17. The molecule has 3 saturated heterocycles. The van der Waals surface area contributed by atoms with Crippen molar-refractivity contribution >= 4 is 33.4 Å². The number of likely N-dealkylation sites (tertiary alicyclic amines) is 1. The van der Waals surface area contributed by atoms with E-state index in [-0.39, 0.29) is 41.3 Å². The third-order valence-electron chi connectivity index (χ3n) is 9.37. The number of benzene rings is 3. The summed E-state index contributed by atoms with van der Waals surface area (Å²) in [5.74, 6) is -0.127. The Morgan fingerprint density at radius 3 is 2.53 bits per heavy atom. The van der Waals surface area contributed by atoms with Crippen molar-refractivity contribution < 1.29 is 24.1 Å². The molecule has 0 radical (unpaired) electrons. The second-order valence-electron chi connectivity index (χ2n) is 12.2. The number of likely N-dealkylation sites (N-methyl/N-ethyl adjacent to an activating group) is 1. The van der Waals surface area contributed by atoms with E-state index in [1.807, 2.05) is 35.2 Å². The Kier molecular flexibility index (Phi) is 7.05. The van der Waals surface area contributed by atoms with Crippen LogP contribution < -0.4 is 9.64 Å². The first kappa shape index (κ1) is 27.8. The molecule has 0 aliphatic carbocycles. The molecular weight excluding hydrogens is 549 g/mol. The highest BCUT2D eigenvalue weighted by Crippen LogP contribution is 2.40. The molecule has 1 aromatic heterocycles.